The van der Waals surface area contributed by atoms with Crippen molar-refractivity contribution in [3.63, 3.8) is 0 Å². The molecular formula is C21H15ClF3N3O2. The number of rotatable bonds is 4. The molecule has 0 saturated carbocycles. The predicted molar refractivity (Wildman–Crippen MR) is 110 cm³/mol. The first-order valence-corrected chi connectivity index (χ1v) is 9.01. The van der Waals surface area contributed by atoms with E-state index >= 15 is 0 Å². The maximum absolute atomic E-state index is 12.8. The molecule has 0 saturated heterocycles. The second-order valence-corrected chi connectivity index (χ2v) is 6.64. The Morgan fingerprint density at radius 3 is 1.97 bits per heavy atom. The summed E-state index contributed by atoms with van der Waals surface area (Å²) in [6.07, 6.45) is -4.50. The van der Waals surface area contributed by atoms with Crippen LogP contribution in [0.1, 0.15) is 15.9 Å². The molecule has 5 nitrogen and oxygen atoms in total. The Morgan fingerprint density at radius 2 is 1.33 bits per heavy atom. The molecule has 0 aliphatic rings. The van der Waals surface area contributed by atoms with Gasteiger partial charge in [-0.05, 0) is 60.7 Å². The third kappa shape index (κ3) is 5.74. The van der Waals surface area contributed by atoms with E-state index in [9.17, 15) is 22.8 Å². The first-order valence-electron chi connectivity index (χ1n) is 8.63. The molecule has 0 aliphatic carbocycles. The Labute approximate surface area is 174 Å². The highest BCUT2D eigenvalue weighted by Crippen LogP contribution is 2.30. The Balaban J connectivity index is 1.61. The normalized spacial score (nSPS) is 10.9. The second kappa shape index (κ2) is 8.87. The number of hydrogen-bond donors (Lipinski definition) is 3. The van der Waals surface area contributed by atoms with Gasteiger partial charge in [0.05, 0.1) is 5.56 Å². The van der Waals surface area contributed by atoms with E-state index in [0.717, 1.165) is 12.1 Å². The molecule has 3 rings (SSSR count). The van der Waals surface area contributed by atoms with Gasteiger partial charge in [-0.1, -0.05) is 23.7 Å². The van der Waals surface area contributed by atoms with Crippen LogP contribution in [-0.4, -0.2) is 11.9 Å². The fraction of sp³-hybridized carbons (Fsp3) is 0.0476. The number of nitrogens with one attached hydrogen (secondary N) is 3. The van der Waals surface area contributed by atoms with Gasteiger partial charge in [-0.2, -0.15) is 13.2 Å². The maximum atomic E-state index is 12.8. The summed E-state index contributed by atoms with van der Waals surface area (Å²) < 4.78 is 38.3. The first kappa shape index (κ1) is 21.2. The van der Waals surface area contributed by atoms with Gasteiger partial charge in [0.2, 0.25) is 0 Å². The Hall–Kier alpha value is -3.52. The van der Waals surface area contributed by atoms with Crippen molar-refractivity contribution < 1.29 is 22.8 Å². The van der Waals surface area contributed by atoms with Crippen molar-refractivity contribution in [2.45, 2.75) is 6.18 Å². The van der Waals surface area contributed by atoms with Gasteiger partial charge in [-0.3, -0.25) is 4.79 Å². The standard InChI is InChI=1S/C21H15ClF3N3O2/c22-15-4-2-6-18(12-15)28-20(30)27-16-9-7-13(8-10-16)19(29)26-17-5-1-3-14(11-17)21(23,24)25/h1-12H,(H,26,29)(H2,27,28,30). The van der Waals surface area contributed by atoms with Crippen molar-refractivity contribution in [1.29, 1.82) is 0 Å². The minimum Gasteiger partial charge on any atom is -0.322 e. The minimum absolute atomic E-state index is 0.0259. The lowest BCUT2D eigenvalue weighted by molar-refractivity contribution is -0.137. The minimum atomic E-state index is -4.50. The highest BCUT2D eigenvalue weighted by atomic mass is 35.5. The molecule has 0 spiro atoms. The largest absolute Gasteiger partial charge is 0.416 e. The van der Waals surface area contributed by atoms with Crippen LogP contribution in [0.4, 0.5) is 35.0 Å². The van der Waals surface area contributed by atoms with Crippen LogP contribution < -0.4 is 16.0 Å². The van der Waals surface area contributed by atoms with Crippen molar-refractivity contribution in [2.75, 3.05) is 16.0 Å². The highest BCUT2D eigenvalue weighted by molar-refractivity contribution is 6.30. The Kier molecular flexibility index (Phi) is 6.27. The SMILES string of the molecule is O=C(Nc1ccc(C(=O)Nc2cccc(C(F)(F)F)c2)cc1)Nc1cccc(Cl)c1. The monoisotopic (exact) mass is 433 g/mol. The molecule has 0 fully saturated rings. The summed E-state index contributed by atoms with van der Waals surface area (Å²) in [7, 11) is 0. The van der Waals surface area contributed by atoms with E-state index < -0.39 is 23.7 Å². The second-order valence-electron chi connectivity index (χ2n) is 6.20. The zero-order valence-corrected chi connectivity index (χ0v) is 16.0. The number of carbonyl (C=O) groups is 2. The Morgan fingerprint density at radius 1 is 0.733 bits per heavy atom. The van der Waals surface area contributed by atoms with E-state index in [2.05, 4.69) is 16.0 Å². The molecule has 3 aromatic rings. The van der Waals surface area contributed by atoms with Gasteiger partial charge >= 0.3 is 12.2 Å². The summed E-state index contributed by atoms with van der Waals surface area (Å²) in [6, 6.07) is 16.4. The molecule has 0 aliphatic heterocycles. The molecular weight excluding hydrogens is 419 g/mol. The number of hydrogen-bond acceptors (Lipinski definition) is 2. The molecule has 3 N–H and O–H groups in total. The van der Waals surface area contributed by atoms with Crippen molar-refractivity contribution in [3.8, 4) is 0 Å². The number of anilines is 3. The van der Waals surface area contributed by atoms with Crippen LogP contribution in [-0.2, 0) is 6.18 Å². The van der Waals surface area contributed by atoms with Gasteiger partial charge in [0.25, 0.3) is 5.91 Å². The van der Waals surface area contributed by atoms with Crippen molar-refractivity contribution in [2.24, 2.45) is 0 Å². The molecule has 3 amide bonds. The average Bonchev–Trinajstić information content (AvgIpc) is 2.68. The summed E-state index contributed by atoms with van der Waals surface area (Å²) in [6.45, 7) is 0. The number of amides is 3. The van der Waals surface area contributed by atoms with E-state index in [1.54, 1.807) is 24.3 Å². The van der Waals surface area contributed by atoms with Crippen LogP contribution >= 0.6 is 11.6 Å². The van der Waals surface area contributed by atoms with Gasteiger partial charge in [-0.15, -0.1) is 0 Å². The quantitative estimate of drug-likeness (QED) is 0.454. The number of alkyl halides is 3. The van der Waals surface area contributed by atoms with Crippen LogP contribution in [0, 0.1) is 0 Å². The lowest BCUT2D eigenvalue weighted by atomic mass is 10.1. The summed E-state index contributed by atoms with van der Waals surface area (Å²) >= 11 is 5.86. The summed E-state index contributed by atoms with van der Waals surface area (Å²) in [5.41, 5.74) is 0.318. The van der Waals surface area contributed by atoms with Gasteiger partial charge in [0, 0.05) is 27.6 Å². The Bertz CT molecular complexity index is 1070. The lowest BCUT2D eigenvalue weighted by Crippen LogP contribution is -2.19. The number of carbonyl (C=O) groups excluding carboxylic acids is 2. The van der Waals surface area contributed by atoms with Gasteiger partial charge in [0.15, 0.2) is 0 Å². The molecule has 0 unspecified atom stereocenters. The van der Waals surface area contributed by atoms with Crippen LogP contribution in [0.5, 0.6) is 0 Å². The molecule has 0 heterocycles. The van der Waals surface area contributed by atoms with Gasteiger partial charge in [0.1, 0.15) is 0 Å². The van der Waals surface area contributed by atoms with E-state index in [0.29, 0.717) is 16.4 Å². The molecule has 0 bridgehead atoms. The smallest absolute Gasteiger partial charge is 0.322 e. The summed E-state index contributed by atoms with van der Waals surface area (Å²) in [5.74, 6) is -0.579. The fourth-order valence-corrected chi connectivity index (χ4v) is 2.73. The van der Waals surface area contributed by atoms with Crippen molar-refractivity contribution >= 4 is 40.6 Å². The molecule has 0 aromatic heterocycles. The molecule has 0 radical (unpaired) electrons. The maximum Gasteiger partial charge on any atom is 0.416 e. The fourth-order valence-electron chi connectivity index (χ4n) is 2.54. The zero-order valence-electron chi connectivity index (χ0n) is 15.3. The number of benzene rings is 3. The summed E-state index contributed by atoms with van der Waals surface area (Å²) in [4.78, 5) is 24.3. The van der Waals surface area contributed by atoms with Gasteiger partial charge < -0.3 is 16.0 Å². The van der Waals surface area contributed by atoms with Crippen LogP contribution in [0.3, 0.4) is 0 Å². The third-order valence-corrected chi connectivity index (χ3v) is 4.17. The van der Waals surface area contributed by atoms with Crippen LogP contribution in [0.25, 0.3) is 0 Å². The molecule has 154 valence electrons. The third-order valence-electron chi connectivity index (χ3n) is 3.94. The molecule has 30 heavy (non-hydrogen) atoms. The molecule has 0 atom stereocenters. The zero-order chi connectivity index (χ0) is 21.7. The lowest BCUT2D eigenvalue weighted by Gasteiger charge is -2.11. The van der Waals surface area contributed by atoms with Crippen LogP contribution in [0.2, 0.25) is 5.02 Å². The number of urea groups is 1. The van der Waals surface area contributed by atoms with E-state index in [1.165, 1.54) is 36.4 Å². The predicted octanol–water partition coefficient (Wildman–Crippen LogP) is 6.26. The molecule has 9 heteroatoms. The first-order chi connectivity index (χ1) is 14.2. The van der Waals surface area contributed by atoms with E-state index in [1.807, 2.05) is 0 Å². The van der Waals surface area contributed by atoms with Crippen molar-refractivity contribution in [3.05, 3.63) is 88.9 Å². The summed E-state index contributed by atoms with van der Waals surface area (Å²) in [5, 5.41) is 8.11. The van der Waals surface area contributed by atoms with Crippen LogP contribution in [0.15, 0.2) is 72.8 Å². The number of halogens is 4. The average molecular weight is 434 g/mol. The van der Waals surface area contributed by atoms with Gasteiger partial charge in [-0.25, -0.2) is 4.79 Å². The van der Waals surface area contributed by atoms with E-state index in [4.69, 9.17) is 11.6 Å². The molecule has 3 aromatic carbocycles. The topological polar surface area (TPSA) is 70.2 Å². The van der Waals surface area contributed by atoms with Crippen molar-refractivity contribution in [1.82, 2.24) is 0 Å². The van der Waals surface area contributed by atoms with E-state index in [-0.39, 0.29) is 11.3 Å². The highest BCUT2D eigenvalue weighted by Gasteiger charge is 2.30.